The first-order valence-electron chi connectivity index (χ1n) is 3.62. The normalized spacial score (nSPS) is 10.3. The Labute approximate surface area is 88.7 Å². The molecule has 1 heterocycles. The van der Waals surface area contributed by atoms with Gasteiger partial charge >= 0.3 is 0 Å². The fraction of sp³-hybridized carbons (Fsp3) is 0. The van der Waals surface area contributed by atoms with E-state index in [0.717, 1.165) is 10.0 Å². The van der Waals surface area contributed by atoms with E-state index >= 15 is 0 Å². The summed E-state index contributed by atoms with van der Waals surface area (Å²) in [6.45, 7) is 0. The molecule has 0 N–H and O–H groups in total. The van der Waals surface area contributed by atoms with Crippen molar-refractivity contribution in [2.24, 2.45) is 0 Å². The molecular formula is C9H5BrClNO. The Bertz CT molecular complexity index is 414. The van der Waals surface area contributed by atoms with E-state index in [1.54, 1.807) is 12.3 Å². The highest BCUT2D eigenvalue weighted by molar-refractivity contribution is 9.10. The van der Waals surface area contributed by atoms with Gasteiger partial charge in [-0.25, -0.2) is 4.98 Å². The quantitative estimate of drug-likeness (QED) is 0.778. The summed E-state index contributed by atoms with van der Waals surface area (Å²) in [5, 5.41) is 0.622. The highest BCUT2D eigenvalue weighted by Gasteiger charge is 2.06. The molecule has 0 saturated heterocycles. The lowest BCUT2D eigenvalue weighted by molar-refractivity contribution is 0.574. The molecule has 1 aromatic heterocycles. The molecule has 0 radical (unpaired) electrons. The van der Waals surface area contributed by atoms with Gasteiger partial charge in [0, 0.05) is 4.47 Å². The van der Waals surface area contributed by atoms with Crippen molar-refractivity contribution in [1.29, 1.82) is 0 Å². The maximum atomic E-state index is 5.99. The van der Waals surface area contributed by atoms with E-state index in [1.807, 2.05) is 12.1 Å². The molecule has 0 saturated carbocycles. The molecular weight excluding hydrogens is 253 g/mol. The minimum absolute atomic E-state index is 0.539. The fourth-order valence-corrected chi connectivity index (χ4v) is 1.77. The number of halogens is 2. The summed E-state index contributed by atoms with van der Waals surface area (Å²) < 4.78 is 6.07. The third kappa shape index (κ3) is 1.76. The third-order valence-electron chi connectivity index (χ3n) is 1.59. The molecule has 0 aliphatic rings. The van der Waals surface area contributed by atoms with Gasteiger partial charge < -0.3 is 4.42 Å². The molecule has 0 atom stereocenters. The average molecular weight is 259 g/mol. The Morgan fingerprint density at radius 3 is 2.85 bits per heavy atom. The van der Waals surface area contributed by atoms with E-state index in [0.29, 0.717) is 10.9 Å². The SMILES string of the molecule is Clc1cc(Br)ccc1-c1ncco1. The maximum absolute atomic E-state index is 5.99. The predicted molar refractivity (Wildman–Crippen MR) is 54.6 cm³/mol. The van der Waals surface area contributed by atoms with Gasteiger partial charge in [-0.2, -0.15) is 0 Å². The molecule has 66 valence electrons. The van der Waals surface area contributed by atoms with E-state index in [9.17, 15) is 0 Å². The van der Waals surface area contributed by atoms with E-state index in [1.165, 1.54) is 6.26 Å². The van der Waals surface area contributed by atoms with E-state index < -0.39 is 0 Å². The Kier molecular flexibility index (Phi) is 2.38. The van der Waals surface area contributed by atoms with Crippen molar-refractivity contribution in [3.63, 3.8) is 0 Å². The predicted octanol–water partition coefficient (Wildman–Crippen LogP) is 3.76. The van der Waals surface area contributed by atoms with E-state index in [-0.39, 0.29) is 0 Å². The number of oxazole rings is 1. The highest BCUT2D eigenvalue weighted by Crippen LogP contribution is 2.28. The topological polar surface area (TPSA) is 26.0 Å². The first-order valence-corrected chi connectivity index (χ1v) is 4.79. The Balaban J connectivity index is 2.53. The van der Waals surface area contributed by atoms with Gasteiger partial charge in [0.15, 0.2) is 0 Å². The maximum Gasteiger partial charge on any atom is 0.227 e. The molecule has 0 spiro atoms. The second-order valence-corrected chi connectivity index (χ2v) is 3.78. The Morgan fingerprint density at radius 1 is 1.38 bits per heavy atom. The van der Waals surface area contributed by atoms with Crippen molar-refractivity contribution in [3.05, 3.63) is 40.2 Å². The van der Waals surface area contributed by atoms with Crippen LogP contribution >= 0.6 is 27.5 Å². The summed E-state index contributed by atoms with van der Waals surface area (Å²) in [5.74, 6) is 0.539. The van der Waals surface area contributed by atoms with Crippen LogP contribution in [0.3, 0.4) is 0 Å². The summed E-state index contributed by atoms with van der Waals surface area (Å²) in [5.41, 5.74) is 0.801. The van der Waals surface area contributed by atoms with Crippen LogP contribution in [0.25, 0.3) is 11.5 Å². The lowest BCUT2D eigenvalue weighted by atomic mass is 10.2. The van der Waals surface area contributed by atoms with Gasteiger partial charge in [-0.3, -0.25) is 0 Å². The van der Waals surface area contributed by atoms with Crippen LogP contribution in [0.1, 0.15) is 0 Å². The number of nitrogens with zero attached hydrogens (tertiary/aromatic N) is 1. The van der Waals surface area contributed by atoms with Crippen molar-refractivity contribution in [1.82, 2.24) is 4.98 Å². The molecule has 0 aliphatic carbocycles. The lowest BCUT2D eigenvalue weighted by Gasteiger charge is -1.98. The Hall–Kier alpha value is -0.800. The van der Waals surface area contributed by atoms with Crippen molar-refractivity contribution in [2.45, 2.75) is 0 Å². The molecule has 1 aromatic carbocycles. The molecule has 0 bridgehead atoms. The molecule has 2 rings (SSSR count). The average Bonchev–Trinajstić information content (AvgIpc) is 2.56. The molecule has 0 aliphatic heterocycles. The van der Waals surface area contributed by atoms with Crippen LogP contribution in [-0.4, -0.2) is 4.98 Å². The molecule has 0 unspecified atom stereocenters. The Morgan fingerprint density at radius 2 is 2.23 bits per heavy atom. The molecule has 0 amide bonds. The van der Waals surface area contributed by atoms with Crippen molar-refractivity contribution in [3.8, 4) is 11.5 Å². The summed E-state index contributed by atoms with van der Waals surface area (Å²) in [7, 11) is 0. The molecule has 2 nitrogen and oxygen atoms in total. The van der Waals surface area contributed by atoms with Crippen LogP contribution in [0.5, 0.6) is 0 Å². The van der Waals surface area contributed by atoms with Crippen molar-refractivity contribution in [2.75, 3.05) is 0 Å². The minimum atomic E-state index is 0.539. The van der Waals surface area contributed by atoms with Gasteiger partial charge in [0.25, 0.3) is 0 Å². The second-order valence-electron chi connectivity index (χ2n) is 2.46. The lowest BCUT2D eigenvalue weighted by Crippen LogP contribution is -1.78. The highest BCUT2D eigenvalue weighted by atomic mass is 79.9. The van der Waals surface area contributed by atoms with E-state index in [4.69, 9.17) is 16.0 Å². The summed E-state index contributed by atoms with van der Waals surface area (Å²) in [6, 6.07) is 5.56. The fourth-order valence-electron chi connectivity index (χ4n) is 1.02. The van der Waals surface area contributed by atoms with Gasteiger partial charge in [0.05, 0.1) is 16.8 Å². The number of aromatic nitrogens is 1. The van der Waals surface area contributed by atoms with E-state index in [2.05, 4.69) is 20.9 Å². The smallest absolute Gasteiger partial charge is 0.227 e. The minimum Gasteiger partial charge on any atom is -0.444 e. The monoisotopic (exact) mass is 257 g/mol. The summed E-state index contributed by atoms with van der Waals surface area (Å²) >= 11 is 9.32. The first-order chi connectivity index (χ1) is 6.27. The van der Waals surface area contributed by atoms with Crippen molar-refractivity contribution < 1.29 is 4.42 Å². The van der Waals surface area contributed by atoms with Gasteiger partial charge in [0.1, 0.15) is 6.26 Å². The number of hydrogen-bond donors (Lipinski definition) is 0. The van der Waals surface area contributed by atoms with Gasteiger partial charge in [0.2, 0.25) is 5.89 Å². The zero-order chi connectivity index (χ0) is 9.26. The number of hydrogen-bond acceptors (Lipinski definition) is 2. The first kappa shape index (κ1) is 8.78. The summed E-state index contributed by atoms with van der Waals surface area (Å²) in [6.07, 6.45) is 3.11. The van der Waals surface area contributed by atoms with Crippen molar-refractivity contribution >= 4 is 27.5 Å². The molecule has 13 heavy (non-hydrogen) atoms. The largest absolute Gasteiger partial charge is 0.444 e. The van der Waals surface area contributed by atoms with Gasteiger partial charge in [-0.05, 0) is 18.2 Å². The second kappa shape index (κ2) is 3.52. The zero-order valence-electron chi connectivity index (χ0n) is 6.50. The van der Waals surface area contributed by atoms with Crippen LogP contribution in [-0.2, 0) is 0 Å². The van der Waals surface area contributed by atoms with Crippen LogP contribution in [0.4, 0.5) is 0 Å². The van der Waals surface area contributed by atoms with Gasteiger partial charge in [-0.15, -0.1) is 0 Å². The van der Waals surface area contributed by atoms with Crippen LogP contribution in [0, 0.1) is 0 Å². The van der Waals surface area contributed by atoms with Gasteiger partial charge in [-0.1, -0.05) is 27.5 Å². The summed E-state index contributed by atoms with van der Waals surface area (Å²) in [4.78, 5) is 4.01. The number of benzene rings is 1. The zero-order valence-corrected chi connectivity index (χ0v) is 8.84. The van der Waals surface area contributed by atoms with Crippen LogP contribution in [0.15, 0.2) is 39.5 Å². The molecule has 4 heteroatoms. The van der Waals surface area contributed by atoms with Crippen LogP contribution < -0.4 is 0 Å². The molecule has 0 fully saturated rings. The number of rotatable bonds is 1. The molecule has 2 aromatic rings. The third-order valence-corrected chi connectivity index (χ3v) is 2.40. The van der Waals surface area contributed by atoms with Crippen LogP contribution in [0.2, 0.25) is 5.02 Å². The standard InChI is InChI=1S/C9H5BrClNO/c10-6-1-2-7(8(11)5-6)9-12-3-4-13-9/h1-5H.